The molecule has 1 aromatic carbocycles. The Bertz CT molecular complexity index is 781. The second kappa shape index (κ2) is 6.65. The fraction of sp³-hybridized carbons (Fsp3) is 0.263. The highest BCUT2D eigenvalue weighted by atomic mass is 16.5. The van der Waals surface area contributed by atoms with E-state index in [1.54, 1.807) is 13.4 Å². The molecule has 0 aliphatic rings. The minimum absolute atomic E-state index is 0.192. The van der Waals surface area contributed by atoms with Crippen LogP contribution >= 0.6 is 0 Å². The molecule has 0 unspecified atom stereocenters. The second-order valence-corrected chi connectivity index (χ2v) is 5.72. The van der Waals surface area contributed by atoms with Gasteiger partial charge >= 0.3 is 0 Å². The van der Waals surface area contributed by atoms with Gasteiger partial charge < -0.3 is 9.72 Å². The number of nitrogens with zero attached hydrogens (tertiary/aromatic N) is 2. The van der Waals surface area contributed by atoms with E-state index >= 15 is 0 Å². The van der Waals surface area contributed by atoms with Gasteiger partial charge in [-0.1, -0.05) is 24.3 Å². The summed E-state index contributed by atoms with van der Waals surface area (Å²) in [6.45, 7) is 4.32. The number of aromatic nitrogens is 3. The van der Waals surface area contributed by atoms with Crippen molar-refractivity contribution >= 4 is 0 Å². The van der Waals surface area contributed by atoms with Gasteiger partial charge in [0.05, 0.1) is 13.4 Å². The van der Waals surface area contributed by atoms with Crippen LogP contribution in [0.25, 0.3) is 0 Å². The number of imidazole rings is 1. The molecule has 0 aliphatic heterocycles. The number of H-pyrrole nitrogens is 1. The van der Waals surface area contributed by atoms with E-state index in [2.05, 4.69) is 47.0 Å². The van der Waals surface area contributed by atoms with E-state index in [4.69, 9.17) is 4.74 Å². The van der Waals surface area contributed by atoms with Crippen molar-refractivity contribution in [3.05, 3.63) is 77.0 Å². The van der Waals surface area contributed by atoms with Gasteiger partial charge in [-0.15, -0.1) is 0 Å². The minimum Gasteiger partial charge on any atom is -0.481 e. The number of hydrogen-bond acceptors (Lipinski definition) is 3. The molecule has 0 fully saturated rings. The molecular weight excluding hydrogens is 286 g/mol. The van der Waals surface area contributed by atoms with Crippen molar-refractivity contribution in [2.24, 2.45) is 0 Å². The Morgan fingerprint density at radius 3 is 2.70 bits per heavy atom. The van der Waals surface area contributed by atoms with Gasteiger partial charge in [-0.05, 0) is 36.6 Å². The van der Waals surface area contributed by atoms with Crippen LogP contribution in [0.15, 0.2) is 48.9 Å². The molecule has 0 aliphatic carbocycles. The lowest BCUT2D eigenvalue weighted by Crippen LogP contribution is -2.09. The van der Waals surface area contributed by atoms with Crippen LogP contribution in [-0.4, -0.2) is 22.1 Å². The van der Waals surface area contributed by atoms with Gasteiger partial charge in [0.25, 0.3) is 0 Å². The van der Waals surface area contributed by atoms with Crippen LogP contribution in [0.5, 0.6) is 5.88 Å². The monoisotopic (exact) mass is 307 g/mol. The van der Waals surface area contributed by atoms with Gasteiger partial charge in [0.2, 0.25) is 5.88 Å². The van der Waals surface area contributed by atoms with Gasteiger partial charge in [0.15, 0.2) is 0 Å². The molecule has 0 radical (unpaired) electrons. The molecule has 0 saturated carbocycles. The number of rotatable bonds is 5. The third-order valence-electron chi connectivity index (χ3n) is 4.32. The van der Waals surface area contributed by atoms with E-state index in [1.165, 1.54) is 16.7 Å². The average molecular weight is 307 g/mol. The van der Waals surface area contributed by atoms with Crippen LogP contribution in [0.4, 0.5) is 0 Å². The molecular formula is C19H21N3O. The fourth-order valence-corrected chi connectivity index (χ4v) is 2.89. The highest BCUT2D eigenvalue weighted by Gasteiger charge is 2.19. The van der Waals surface area contributed by atoms with Crippen molar-refractivity contribution in [1.29, 1.82) is 0 Å². The summed E-state index contributed by atoms with van der Waals surface area (Å²) in [5, 5.41) is 0. The van der Waals surface area contributed by atoms with Gasteiger partial charge in [0, 0.05) is 36.0 Å². The van der Waals surface area contributed by atoms with Crippen LogP contribution in [0.1, 0.15) is 34.0 Å². The van der Waals surface area contributed by atoms with Crippen molar-refractivity contribution in [2.75, 3.05) is 7.11 Å². The molecule has 1 atom stereocenters. The first-order valence-corrected chi connectivity index (χ1v) is 7.73. The lowest BCUT2D eigenvalue weighted by Gasteiger charge is -2.19. The molecule has 23 heavy (non-hydrogen) atoms. The van der Waals surface area contributed by atoms with E-state index in [0.717, 1.165) is 17.8 Å². The van der Waals surface area contributed by atoms with Gasteiger partial charge in [-0.25, -0.2) is 9.97 Å². The third-order valence-corrected chi connectivity index (χ3v) is 4.32. The van der Waals surface area contributed by atoms with Gasteiger partial charge in [-0.2, -0.15) is 0 Å². The predicted molar refractivity (Wildman–Crippen MR) is 90.8 cm³/mol. The maximum atomic E-state index is 5.24. The first kappa shape index (κ1) is 15.3. The summed E-state index contributed by atoms with van der Waals surface area (Å²) in [6, 6.07) is 12.3. The van der Waals surface area contributed by atoms with E-state index in [9.17, 15) is 0 Å². The summed E-state index contributed by atoms with van der Waals surface area (Å²) in [4.78, 5) is 12.0. The lowest BCUT2D eigenvalue weighted by atomic mass is 9.87. The van der Waals surface area contributed by atoms with E-state index in [-0.39, 0.29) is 5.92 Å². The molecule has 4 heteroatoms. The van der Waals surface area contributed by atoms with Crippen molar-refractivity contribution in [1.82, 2.24) is 15.0 Å². The Morgan fingerprint density at radius 1 is 1.13 bits per heavy atom. The molecule has 0 saturated heterocycles. The number of aryl methyl sites for hydroxylation is 1. The smallest absolute Gasteiger partial charge is 0.213 e. The van der Waals surface area contributed by atoms with Crippen LogP contribution in [-0.2, 0) is 6.42 Å². The zero-order valence-electron chi connectivity index (χ0n) is 13.7. The number of nitrogens with one attached hydrogen (secondary N) is 1. The van der Waals surface area contributed by atoms with Crippen LogP contribution in [0, 0.1) is 13.8 Å². The minimum atomic E-state index is 0.192. The molecule has 0 amide bonds. The molecule has 4 nitrogen and oxygen atoms in total. The predicted octanol–water partition coefficient (Wildman–Crippen LogP) is 3.80. The highest BCUT2D eigenvalue weighted by molar-refractivity contribution is 5.40. The maximum absolute atomic E-state index is 5.24. The molecule has 0 spiro atoms. The van der Waals surface area contributed by atoms with Gasteiger partial charge in [-0.3, -0.25) is 0 Å². The topological polar surface area (TPSA) is 50.8 Å². The van der Waals surface area contributed by atoms with E-state index in [0.29, 0.717) is 5.88 Å². The molecule has 118 valence electrons. The zero-order valence-corrected chi connectivity index (χ0v) is 13.7. The summed E-state index contributed by atoms with van der Waals surface area (Å²) < 4.78 is 5.24. The summed E-state index contributed by atoms with van der Waals surface area (Å²) >= 11 is 0. The largest absolute Gasteiger partial charge is 0.481 e. The zero-order chi connectivity index (χ0) is 16.2. The Balaban J connectivity index is 2.01. The summed E-state index contributed by atoms with van der Waals surface area (Å²) in [5.41, 5.74) is 6.02. The summed E-state index contributed by atoms with van der Waals surface area (Å²) in [6.07, 6.45) is 4.42. The second-order valence-electron chi connectivity index (χ2n) is 5.72. The summed E-state index contributed by atoms with van der Waals surface area (Å²) in [5.74, 6) is 0.837. The number of methoxy groups -OCH3 is 1. The Hall–Kier alpha value is -2.62. The van der Waals surface area contributed by atoms with Gasteiger partial charge in [0.1, 0.15) is 0 Å². The number of ether oxygens (including phenoxy) is 1. The highest BCUT2D eigenvalue weighted by Crippen LogP contribution is 2.30. The fourth-order valence-electron chi connectivity index (χ4n) is 2.89. The van der Waals surface area contributed by atoms with Crippen molar-refractivity contribution in [2.45, 2.75) is 26.2 Å². The van der Waals surface area contributed by atoms with Crippen molar-refractivity contribution in [3.8, 4) is 5.88 Å². The number of benzene rings is 1. The van der Waals surface area contributed by atoms with E-state index < -0.39 is 0 Å². The molecule has 2 aromatic heterocycles. The molecule has 0 bridgehead atoms. The quantitative estimate of drug-likeness (QED) is 0.780. The maximum Gasteiger partial charge on any atom is 0.213 e. The molecule has 3 aromatic rings. The SMILES string of the molecule is COc1cccc(C[C@@H](c2cnc[nH]2)c2cccc(C)c2C)n1. The van der Waals surface area contributed by atoms with Crippen LogP contribution in [0.2, 0.25) is 0 Å². The third kappa shape index (κ3) is 3.26. The van der Waals surface area contributed by atoms with Crippen LogP contribution in [0.3, 0.4) is 0 Å². The number of pyridine rings is 1. The van der Waals surface area contributed by atoms with Crippen LogP contribution < -0.4 is 4.74 Å². The Labute approximate surface area is 136 Å². The first-order valence-electron chi connectivity index (χ1n) is 7.73. The Kier molecular flexibility index (Phi) is 4.42. The van der Waals surface area contributed by atoms with E-state index in [1.807, 2.05) is 24.4 Å². The normalized spacial score (nSPS) is 12.1. The molecule has 1 N–H and O–H groups in total. The van der Waals surface area contributed by atoms with Crippen molar-refractivity contribution < 1.29 is 4.74 Å². The Morgan fingerprint density at radius 2 is 1.96 bits per heavy atom. The molecule has 2 heterocycles. The average Bonchev–Trinajstić information content (AvgIpc) is 3.10. The first-order chi connectivity index (χ1) is 11.2. The lowest BCUT2D eigenvalue weighted by molar-refractivity contribution is 0.396. The number of hydrogen-bond donors (Lipinski definition) is 1. The van der Waals surface area contributed by atoms with Crippen molar-refractivity contribution in [3.63, 3.8) is 0 Å². The standard InChI is InChI=1S/C19H21N3O/c1-13-6-4-8-16(14(13)2)17(18-11-20-12-21-18)10-15-7-5-9-19(22-15)23-3/h4-9,11-12,17H,10H2,1-3H3,(H,20,21)/t17-/m1/s1. The summed E-state index contributed by atoms with van der Waals surface area (Å²) in [7, 11) is 1.64. The molecule has 3 rings (SSSR count). The number of aromatic amines is 1.